The van der Waals surface area contributed by atoms with E-state index >= 15 is 0 Å². The quantitative estimate of drug-likeness (QED) is 0.305. The van der Waals surface area contributed by atoms with Crippen LogP contribution in [-0.4, -0.2) is 56.7 Å². The Hall–Kier alpha value is -0.860. The summed E-state index contributed by atoms with van der Waals surface area (Å²) in [5, 5.41) is 6.85. The van der Waals surface area contributed by atoms with Gasteiger partial charge in [0.2, 0.25) is 0 Å². The molecule has 6 heteroatoms. The molecule has 2 N–H and O–H groups in total. The summed E-state index contributed by atoms with van der Waals surface area (Å²) in [6.45, 7) is 15.3. The van der Waals surface area contributed by atoms with Gasteiger partial charge in [-0.15, -0.1) is 24.0 Å². The number of nitrogens with zero attached hydrogens (tertiary/aromatic N) is 2. The van der Waals surface area contributed by atoms with Crippen molar-refractivity contribution in [2.75, 3.05) is 45.9 Å². The molecule has 2 unspecified atom stereocenters. The van der Waals surface area contributed by atoms with Gasteiger partial charge in [-0.1, -0.05) is 43.7 Å². The van der Waals surface area contributed by atoms with E-state index in [0.29, 0.717) is 5.92 Å². The summed E-state index contributed by atoms with van der Waals surface area (Å²) >= 11 is 0. The molecule has 160 valence electrons. The lowest BCUT2D eigenvalue weighted by Crippen LogP contribution is -2.42. The molecule has 0 aromatic heterocycles. The van der Waals surface area contributed by atoms with Gasteiger partial charge < -0.3 is 20.3 Å². The van der Waals surface area contributed by atoms with Crippen LogP contribution in [0.2, 0.25) is 0 Å². The van der Waals surface area contributed by atoms with Gasteiger partial charge in [-0.05, 0) is 45.3 Å². The Morgan fingerprint density at radius 3 is 2.50 bits per heavy atom. The van der Waals surface area contributed by atoms with Crippen LogP contribution in [0.4, 0.5) is 0 Å². The number of aryl methyl sites for hydroxylation is 1. The molecule has 0 spiro atoms. The van der Waals surface area contributed by atoms with Crippen LogP contribution in [0.5, 0.6) is 0 Å². The third kappa shape index (κ3) is 8.25. The topological polar surface area (TPSA) is 48.9 Å². The highest BCUT2D eigenvalue weighted by Crippen LogP contribution is 2.33. The van der Waals surface area contributed by atoms with Crippen molar-refractivity contribution in [3.8, 4) is 0 Å². The fraction of sp³-hybridized carbons (Fsp3) is 0.682. The molecule has 0 bridgehead atoms. The summed E-state index contributed by atoms with van der Waals surface area (Å²) in [4.78, 5) is 7.29. The standard InChI is InChI=1S/C22H38N4O.HI/c1-5-23-22(24-14-15-26(6-2)7-3)25-17-20-9-8-16-27-21(20)19-12-10-18(4)11-13-19;/h10-13,20-21H,5-9,14-17H2,1-4H3,(H2,23,24,25);1H. The largest absolute Gasteiger partial charge is 0.373 e. The van der Waals surface area contributed by atoms with Gasteiger partial charge in [-0.2, -0.15) is 0 Å². The average Bonchev–Trinajstić information content (AvgIpc) is 2.70. The van der Waals surface area contributed by atoms with Gasteiger partial charge in [0.1, 0.15) is 0 Å². The molecular weight excluding hydrogens is 463 g/mol. The molecule has 0 radical (unpaired) electrons. The number of ether oxygens (including phenoxy) is 1. The van der Waals surface area contributed by atoms with Gasteiger partial charge >= 0.3 is 0 Å². The van der Waals surface area contributed by atoms with Crippen LogP contribution in [0, 0.1) is 12.8 Å². The number of hydrogen-bond donors (Lipinski definition) is 2. The van der Waals surface area contributed by atoms with E-state index in [9.17, 15) is 0 Å². The van der Waals surface area contributed by atoms with E-state index < -0.39 is 0 Å². The van der Waals surface area contributed by atoms with Gasteiger partial charge in [-0.3, -0.25) is 4.99 Å². The smallest absolute Gasteiger partial charge is 0.191 e. The first-order valence-electron chi connectivity index (χ1n) is 10.6. The van der Waals surface area contributed by atoms with Crippen molar-refractivity contribution in [1.82, 2.24) is 15.5 Å². The van der Waals surface area contributed by atoms with Gasteiger partial charge in [0.05, 0.1) is 6.10 Å². The van der Waals surface area contributed by atoms with E-state index in [4.69, 9.17) is 9.73 Å². The molecule has 28 heavy (non-hydrogen) atoms. The minimum absolute atomic E-state index is 0. The van der Waals surface area contributed by atoms with Crippen molar-refractivity contribution >= 4 is 29.9 Å². The second kappa shape index (κ2) is 14.2. The Bertz CT molecular complexity index is 560. The summed E-state index contributed by atoms with van der Waals surface area (Å²) in [5.41, 5.74) is 2.57. The third-order valence-corrected chi connectivity index (χ3v) is 5.29. The van der Waals surface area contributed by atoms with E-state index in [-0.39, 0.29) is 30.1 Å². The van der Waals surface area contributed by atoms with Gasteiger partial charge in [0.25, 0.3) is 0 Å². The lowest BCUT2D eigenvalue weighted by molar-refractivity contribution is -0.0250. The number of guanidine groups is 1. The molecule has 1 aromatic rings. The Morgan fingerprint density at radius 1 is 1.14 bits per heavy atom. The second-order valence-electron chi connectivity index (χ2n) is 7.28. The van der Waals surface area contributed by atoms with E-state index in [2.05, 4.69) is 67.5 Å². The predicted octanol–water partition coefficient (Wildman–Crippen LogP) is 3.98. The number of likely N-dealkylation sites (N-methyl/N-ethyl adjacent to an activating group) is 1. The van der Waals surface area contributed by atoms with E-state index in [1.54, 1.807) is 0 Å². The van der Waals surface area contributed by atoms with Crippen LogP contribution in [0.15, 0.2) is 29.3 Å². The zero-order chi connectivity index (χ0) is 19.5. The van der Waals surface area contributed by atoms with Crippen molar-refractivity contribution in [2.24, 2.45) is 10.9 Å². The Balaban J connectivity index is 0.00000392. The van der Waals surface area contributed by atoms with Crippen molar-refractivity contribution in [3.05, 3.63) is 35.4 Å². The molecule has 1 heterocycles. The SMILES string of the molecule is CCNC(=NCC1CCCOC1c1ccc(C)cc1)NCCN(CC)CC.I. The van der Waals surface area contributed by atoms with Crippen LogP contribution >= 0.6 is 24.0 Å². The normalized spacial score (nSPS) is 20.0. The number of aliphatic imine (C=N–C) groups is 1. The molecule has 2 rings (SSSR count). The van der Waals surface area contributed by atoms with Gasteiger partial charge in [-0.25, -0.2) is 0 Å². The zero-order valence-electron chi connectivity index (χ0n) is 18.0. The molecule has 1 aliphatic rings. The number of rotatable bonds is 9. The molecule has 5 nitrogen and oxygen atoms in total. The minimum Gasteiger partial charge on any atom is -0.373 e. The molecule has 1 aliphatic heterocycles. The summed E-state index contributed by atoms with van der Waals surface area (Å²) < 4.78 is 6.13. The van der Waals surface area contributed by atoms with Gasteiger partial charge in [0, 0.05) is 38.7 Å². The van der Waals surface area contributed by atoms with E-state index in [0.717, 1.165) is 58.3 Å². The van der Waals surface area contributed by atoms with Crippen LogP contribution in [-0.2, 0) is 4.74 Å². The lowest BCUT2D eigenvalue weighted by Gasteiger charge is -2.31. The fourth-order valence-corrected chi connectivity index (χ4v) is 3.58. The first-order valence-corrected chi connectivity index (χ1v) is 10.6. The maximum atomic E-state index is 6.13. The maximum absolute atomic E-state index is 6.13. The van der Waals surface area contributed by atoms with Crippen LogP contribution in [0.1, 0.15) is 50.8 Å². The monoisotopic (exact) mass is 502 g/mol. The second-order valence-corrected chi connectivity index (χ2v) is 7.28. The van der Waals surface area contributed by atoms with E-state index in [1.165, 1.54) is 17.5 Å². The summed E-state index contributed by atoms with van der Waals surface area (Å²) in [6.07, 6.45) is 2.44. The Morgan fingerprint density at radius 2 is 1.86 bits per heavy atom. The predicted molar refractivity (Wildman–Crippen MR) is 130 cm³/mol. The summed E-state index contributed by atoms with van der Waals surface area (Å²) in [5.74, 6) is 1.34. The van der Waals surface area contributed by atoms with Crippen molar-refractivity contribution < 1.29 is 4.74 Å². The first kappa shape index (κ1) is 25.2. The summed E-state index contributed by atoms with van der Waals surface area (Å²) in [7, 11) is 0. The molecule has 0 amide bonds. The average molecular weight is 502 g/mol. The zero-order valence-corrected chi connectivity index (χ0v) is 20.4. The highest BCUT2D eigenvalue weighted by molar-refractivity contribution is 14.0. The molecule has 0 saturated carbocycles. The van der Waals surface area contributed by atoms with Crippen LogP contribution in [0.3, 0.4) is 0 Å². The van der Waals surface area contributed by atoms with Gasteiger partial charge in [0.15, 0.2) is 5.96 Å². The van der Waals surface area contributed by atoms with E-state index in [1.807, 2.05) is 0 Å². The molecule has 1 aromatic carbocycles. The third-order valence-electron chi connectivity index (χ3n) is 5.29. The number of nitrogens with one attached hydrogen (secondary N) is 2. The van der Waals surface area contributed by atoms with Crippen LogP contribution in [0.25, 0.3) is 0 Å². The molecule has 2 atom stereocenters. The Labute approximate surface area is 188 Å². The number of hydrogen-bond acceptors (Lipinski definition) is 3. The first-order chi connectivity index (χ1) is 13.2. The highest BCUT2D eigenvalue weighted by Gasteiger charge is 2.27. The minimum atomic E-state index is 0. The molecule has 1 saturated heterocycles. The van der Waals surface area contributed by atoms with Crippen molar-refractivity contribution in [1.29, 1.82) is 0 Å². The van der Waals surface area contributed by atoms with Crippen molar-refractivity contribution in [3.63, 3.8) is 0 Å². The summed E-state index contributed by atoms with van der Waals surface area (Å²) in [6, 6.07) is 8.75. The maximum Gasteiger partial charge on any atom is 0.191 e. The highest BCUT2D eigenvalue weighted by atomic mass is 127. The van der Waals surface area contributed by atoms with Crippen molar-refractivity contribution in [2.45, 2.75) is 46.6 Å². The molecule has 1 fully saturated rings. The number of benzene rings is 1. The van der Waals surface area contributed by atoms with Crippen LogP contribution < -0.4 is 10.6 Å². The number of halogens is 1. The molecule has 0 aliphatic carbocycles. The molecular formula is C22H39IN4O. The lowest BCUT2D eigenvalue weighted by atomic mass is 9.89. The Kier molecular flexibility index (Phi) is 12.7. The fourth-order valence-electron chi connectivity index (χ4n) is 3.58.